The summed E-state index contributed by atoms with van der Waals surface area (Å²) < 4.78 is 15.8. The normalized spacial score (nSPS) is 19.0. The Labute approximate surface area is 188 Å². The molecule has 2 unspecified atom stereocenters. The molecule has 0 saturated carbocycles. The molecule has 1 saturated heterocycles. The summed E-state index contributed by atoms with van der Waals surface area (Å²) >= 11 is 0. The second kappa shape index (κ2) is 7.98. The molecule has 1 fully saturated rings. The number of para-hydroxylation sites is 1. The number of fused-ring (bicyclic) bond motifs is 1. The first-order valence-electron chi connectivity index (χ1n) is 11.0. The zero-order chi connectivity index (χ0) is 22.4. The number of aryl methyl sites for hydroxylation is 2. The van der Waals surface area contributed by atoms with Crippen LogP contribution in [0.4, 0.5) is 5.95 Å². The van der Waals surface area contributed by atoms with Crippen molar-refractivity contribution in [3.63, 3.8) is 0 Å². The molecule has 7 heteroatoms. The largest absolute Gasteiger partial charge is 0.495 e. The summed E-state index contributed by atoms with van der Waals surface area (Å²) in [7, 11) is 3.79. The maximum absolute atomic E-state index is 5.92. The standard InChI is InChI=1S/C25H29N5O2/c1-16-12-30(15-26-16)21-10-9-19(11-23(21)31-5)20-7-6-8-22-24(20)27-25(28(22)4)29-13-17(2)32-18(3)14-29/h6-12,15,17-18H,13-14H2,1-5H3. The number of hydrogen-bond donors (Lipinski definition) is 0. The monoisotopic (exact) mass is 431 g/mol. The Hall–Kier alpha value is -3.32. The minimum atomic E-state index is 0.182. The lowest BCUT2D eigenvalue weighted by atomic mass is 10.0. The van der Waals surface area contributed by atoms with Crippen molar-refractivity contribution < 1.29 is 9.47 Å². The van der Waals surface area contributed by atoms with Crippen LogP contribution in [0.25, 0.3) is 27.8 Å². The number of aromatic nitrogens is 4. The van der Waals surface area contributed by atoms with Crippen LogP contribution < -0.4 is 9.64 Å². The van der Waals surface area contributed by atoms with Gasteiger partial charge in [0.15, 0.2) is 0 Å². The van der Waals surface area contributed by atoms with Gasteiger partial charge in [-0.3, -0.25) is 0 Å². The van der Waals surface area contributed by atoms with E-state index in [2.05, 4.69) is 71.7 Å². The van der Waals surface area contributed by atoms with Crippen molar-refractivity contribution >= 4 is 17.0 Å². The number of benzene rings is 2. The van der Waals surface area contributed by atoms with Gasteiger partial charge in [0.2, 0.25) is 5.95 Å². The number of rotatable bonds is 4. The number of morpholine rings is 1. The van der Waals surface area contributed by atoms with Gasteiger partial charge in [-0.1, -0.05) is 18.2 Å². The van der Waals surface area contributed by atoms with Gasteiger partial charge in [-0.15, -0.1) is 0 Å². The van der Waals surface area contributed by atoms with Gasteiger partial charge < -0.3 is 23.5 Å². The van der Waals surface area contributed by atoms with E-state index in [4.69, 9.17) is 14.5 Å². The lowest BCUT2D eigenvalue weighted by Crippen LogP contribution is -2.46. The average molecular weight is 432 g/mol. The van der Waals surface area contributed by atoms with E-state index in [0.717, 1.165) is 58.3 Å². The Morgan fingerprint density at radius 1 is 1.09 bits per heavy atom. The maximum Gasteiger partial charge on any atom is 0.206 e. The molecule has 166 valence electrons. The van der Waals surface area contributed by atoms with E-state index in [9.17, 15) is 0 Å². The zero-order valence-corrected chi connectivity index (χ0v) is 19.2. The highest BCUT2D eigenvalue weighted by atomic mass is 16.5. The molecular formula is C25H29N5O2. The number of hydrogen-bond acceptors (Lipinski definition) is 5. The van der Waals surface area contributed by atoms with Crippen LogP contribution in [-0.4, -0.2) is 51.5 Å². The number of nitrogens with zero attached hydrogens (tertiary/aromatic N) is 5. The topological polar surface area (TPSA) is 57.3 Å². The first-order chi connectivity index (χ1) is 15.4. The Morgan fingerprint density at radius 2 is 1.88 bits per heavy atom. The van der Waals surface area contributed by atoms with Crippen molar-refractivity contribution in [2.45, 2.75) is 33.0 Å². The number of imidazole rings is 2. The number of anilines is 1. The van der Waals surface area contributed by atoms with E-state index in [1.54, 1.807) is 7.11 Å². The van der Waals surface area contributed by atoms with Gasteiger partial charge >= 0.3 is 0 Å². The van der Waals surface area contributed by atoms with Gasteiger partial charge in [-0.05, 0) is 44.5 Å². The van der Waals surface area contributed by atoms with Gasteiger partial charge in [0, 0.05) is 31.9 Å². The van der Waals surface area contributed by atoms with Gasteiger partial charge in [-0.2, -0.15) is 0 Å². The predicted molar refractivity (Wildman–Crippen MR) is 127 cm³/mol. The minimum absolute atomic E-state index is 0.182. The molecule has 3 heterocycles. The highest BCUT2D eigenvalue weighted by Gasteiger charge is 2.26. The van der Waals surface area contributed by atoms with Crippen molar-refractivity contribution in [1.29, 1.82) is 0 Å². The summed E-state index contributed by atoms with van der Waals surface area (Å²) in [5.41, 5.74) is 6.19. The zero-order valence-electron chi connectivity index (χ0n) is 19.2. The second-order valence-electron chi connectivity index (χ2n) is 8.62. The fraction of sp³-hybridized carbons (Fsp3) is 0.360. The lowest BCUT2D eigenvalue weighted by Gasteiger charge is -2.35. The highest BCUT2D eigenvalue weighted by molar-refractivity contribution is 5.94. The van der Waals surface area contributed by atoms with E-state index in [1.165, 1.54) is 0 Å². The van der Waals surface area contributed by atoms with Crippen LogP contribution in [0.3, 0.4) is 0 Å². The van der Waals surface area contributed by atoms with E-state index in [1.807, 2.05) is 24.0 Å². The van der Waals surface area contributed by atoms with E-state index < -0.39 is 0 Å². The van der Waals surface area contributed by atoms with Crippen molar-refractivity contribution in [3.8, 4) is 22.6 Å². The van der Waals surface area contributed by atoms with Gasteiger partial charge in [0.25, 0.3) is 0 Å². The van der Waals surface area contributed by atoms with Gasteiger partial charge in [0.05, 0.1) is 48.1 Å². The van der Waals surface area contributed by atoms with Crippen LogP contribution in [-0.2, 0) is 11.8 Å². The Kier molecular flexibility index (Phi) is 5.13. The molecule has 5 rings (SSSR count). The summed E-state index contributed by atoms with van der Waals surface area (Å²) in [5, 5.41) is 0. The molecule has 2 atom stereocenters. The molecule has 0 radical (unpaired) electrons. The number of ether oxygens (including phenoxy) is 2. The SMILES string of the molecule is COc1cc(-c2cccc3c2nc(N2CC(C)OC(C)C2)n3C)ccc1-n1cnc(C)c1. The van der Waals surface area contributed by atoms with Gasteiger partial charge in [-0.25, -0.2) is 9.97 Å². The Morgan fingerprint density at radius 3 is 2.56 bits per heavy atom. The molecule has 1 aliphatic rings. The van der Waals surface area contributed by atoms with Crippen molar-refractivity contribution in [2.24, 2.45) is 7.05 Å². The summed E-state index contributed by atoms with van der Waals surface area (Å²) in [6.45, 7) is 7.89. The van der Waals surface area contributed by atoms with Crippen molar-refractivity contribution in [3.05, 3.63) is 54.6 Å². The molecule has 0 spiro atoms. The third-order valence-corrected chi connectivity index (χ3v) is 6.07. The fourth-order valence-corrected chi connectivity index (χ4v) is 4.67. The van der Waals surface area contributed by atoms with Crippen molar-refractivity contribution in [1.82, 2.24) is 19.1 Å². The average Bonchev–Trinajstić information content (AvgIpc) is 3.36. The Bertz CT molecular complexity index is 1260. The predicted octanol–water partition coefficient (Wildman–Crippen LogP) is 4.36. The molecule has 1 aliphatic heterocycles. The summed E-state index contributed by atoms with van der Waals surface area (Å²) in [4.78, 5) is 11.8. The molecule has 4 aromatic rings. The van der Waals surface area contributed by atoms with Crippen LogP contribution in [0, 0.1) is 6.92 Å². The van der Waals surface area contributed by atoms with Crippen LogP contribution >= 0.6 is 0 Å². The van der Waals surface area contributed by atoms with E-state index in [-0.39, 0.29) is 12.2 Å². The second-order valence-corrected chi connectivity index (χ2v) is 8.62. The van der Waals surface area contributed by atoms with Gasteiger partial charge in [0.1, 0.15) is 5.75 Å². The third kappa shape index (κ3) is 3.52. The molecule has 7 nitrogen and oxygen atoms in total. The van der Waals surface area contributed by atoms with Crippen LogP contribution in [0.5, 0.6) is 5.75 Å². The van der Waals surface area contributed by atoms with E-state index >= 15 is 0 Å². The summed E-state index contributed by atoms with van der Waals surface area (Å²) in [6.07, 6.45) is 4.17. The lowest BCUT2D eigenvalue weighted by molar-refractivity contribution is -0.00582. The first kappa shape index (κ1) is 20.6. The van der Waals surface area contributed by atoms with Crippen molar-refractivity contribution in [2.75, 3.05) is 25.1 Å². The third-order valence-electron chi connectivity index (χ3n) is 6.07. The smallest absolute Gasteiger partial charge is 0.206 e. The minimum Gasteiger partial charge on any atom is -0.495 e. The molecule has 0 N–H and O–H groups in total. The Balaban J connectivity index is 1.59. The summed E-state index contributed by atoms with van der Waals surface area (Å²) in [5.74, 6) is 1.77. The molecule has 0 amide bonds. The van der Waals surface area contributed by atoms with E-state index in [0.29, 0.717) is 0 Å². The summed E-state index contributed by atoms with van der Waals surface area (Å²) in [6, 6.07) is 12.6. The molecule has 2 aromatic heterocycles. The molecule has 0 bridgehead atoms. The highest BCUT2D eigenvalue weighted by Crippen LogP contribution is 2.35. The fourth-order valence-electron chi connectivity index (χ4n) is 4.67. The quantitative estimate of drug-likeness (QED) is 0.481. The molecular weight excluding hydrogens is 402 g/mol. The maximum atomic E-state index is 5.92. The molecule has 2 aromatic carbocycles. The number of methoxy groups -OCH3 is 1. The van der Waals surface area contributed by atoms with Crippen LogP contribution in [0.2, 0.25) is 0 Å². The molecule has 0 aliphatic carbocycles. The molecule has 32 heavy (non-hydrogen) atoms. The first-order valence-corrected chi connectivity index (χ1v) is 11.0. The van der Waals surface area contributed by atoms with Crippen LogP contribution in [0.15, 0.2) is 48.9 Å². The van der Waals surface area contributed by atoms with Crippen LogP contribution in [0.1, 0.15) is 19.5 Å².